The Morgan fingerprint density at radius 2 is 1.65 bits per heavy atom. The van der Waals surface area contributed by atoms with Gasteiger partial charge in [0.2, 0.25) is 0 Å². The Labute approximate surface area is 187 Å². The van der Waals surface area contributed by atoms with E-state index in [9.17, 15) is 10.0 Å². The first-order valence-electron chi connectivity index (χ1n) is 11.4. The molecule has 5 nitrogen and oxygen atoms in total. The summed E-state index contributed by atoms with van der Waals surface area (Å²) in [5, 5.41) is 21.8. The first kappa shape index (κ1) is 24.0. The van der Waals surface area contributed by atoms with Crippen LogP contribution in [-0.2, 0) is 12.5 Å². The van der Waals surface area contributed by atoms with Crippen LogP contribution in [0.1, 0.15) is 84.9 Å². The van der Waals surface area contributed by atoms with Crippen LogP contribution in [0.15, 0.2) is 6.07 Å². The van der Waals surface area contributed by atoms with Crippen LogP contribution in [0.3, 0.4) is 0 Å². The molecule has 172 valence electrons. The molecule has 2 N–H and O–H groups in total. The third-order valence-electron chi connectivity index (χ3n) is 8.81. The smallest absolute Gasteiger partial charge is 0.493 e. The van der Waals surface area contributed by atoms with Crippen molar-refractivity contribution < 1.29 is 19.5 Å². The van der Waals surface area contributed by atoms with Crippen LogP contribution in [0.2, 0.25) is 0 Å². The predicted molar refractivity (Wildman–Crippen MR) is 129 cm³/mol. The molecule has 0 spiro atoms. The van der Waals surface area contributed by atoms with Crippen LogP contribution in [0.25, 0.3) is 10.9 Å². The van der Waals surface area contributed by atoms with E-state index in [0.29, 0.717) is 17.0 Å². The first-order valence-corrected chi connectivity index (χ1v) is 11.4. The number of hydrogen-bond acceptors (Lipinski definition) is 4. The van der Waals surface area contributed by atoms with E-state index in [1.807, 2.05) is 13.1 Å². The normalized spacial score (nSPS) is 22.7. The number of ether oxygens (including phenoxy) is 2. The molecule has 1 aromatic carbocycles. The molecule has 0 saturated heterocycles. The molecule has 1 aromatic heterocycles. The highest BCUT2D eigenvalue weighted by Gasteiger charge is 2.55. The number of fused-ring (bicyclic) bond motifs is 1. The predicted octanol–water partition coefficient (Wildman–Crippen LogP) is 4.49. The number of rotatable bonds is 5. The van der Waals surface area contributed by atoms with Gasteiger partial charge in [-0.1, -0.05) is 54.9 Å². The number of aryl methyl sites for hydroxylation is 1. The molecule has 1 fully saturated rings. The molecule has 1 aliphatic rings. The zero-order valence-electron chi connectivity index (χ0n) is 21.0. The monoisotopic (exact) mass is 429 g/mol. The summed E-state index contributed by atoms with van der Waals surface area (Å²) in [4.78, 5) is 0. The van der Waals surface area contributed by atoms with Gasteiger partial charge in [0.1, 0.15) is 0 Å². The lowest BCUT2D eigenvalue weighted by atomic mass is 9.46. The average molecular weight is 429 g/mol. The molecule has 6 heteroatoms. The molecule has 0 amide bonds. The Balaban J connectivity index is 2.56. The topological polar surface area (TPSA) is 63.9 Å². The lowest BCUT2D eigenvalue weighted by Gasteiger charge is -2.58. The molecule has 1 atom stereocenters. The maximum Gasteiger partial charge on any atom is 0.494 e. The Bertz CT molecular complexity index is 990. The van der Waals surface area contributed by atoms with E-state index >= 15 is 0 Å². The highest BCUT2D eigenvalue weighted by Crippen LogP contribution is 2.62. The van der Waals surface area contributed by atoms with Crippen molar-refractivity contribution in [2.45, 2.75) is 79.1 Å². The fourth-order valence-electron chi connectivity index (χ4n) is 6.18. The lowest BCUT2D eigenvalue weighted by molar-refractivity contribution is -0.0266. The van der Waals surface area contributed by atoms with Gasteiger partial charge in [0.15, 0.2) is 11.5 Å². The van der Waals surface area contributed by atoms with E-state index in [4.69, 9.17) is 9.47 Å². The summed E-state index contributed by atoms with van der Waals surface area (Å²) in [6.45, 7) is 16.4. The summed E-state index contributed by atoms with van der Waals surface area (Å²) in [6, 6.07) is 2.03. The molecular formula is C25H40BNO4. The van der Waals surface area contributed by atoms with E-state index < -0.39 is 7.12 Å². The van der Waals surface area contributed by atoms with Crippen LogP contribution in [0.5, 0.6) is 11.5 Å². The van der Waals surface area contributed by atoms with Gasteiger partial charge < -0.3 is 24.1 Å². The number of methoxy groups -OCH3 is 2. The summed E-state index contributed by atoms with van der Waals surface area (Å²) in [6.07, 6.45) is 3.46. The van der Waals surface area contributed by atoms with Crippen molar-refractivity contribution in [1.29, 1.82) is 0 Å². The summed E-state index contributed by atoms with van der Waals surface area (Å²) in [5.74, 6) is 1.17. The molecule has 31 heavy (non-hydrogen) atoms. The second kappa shape index (κ2) is 7.74. The molecule has 0 bridgehead atoms. The summed E-state index contributed by atoms with van der Waals surface area (Å²) >= 11 is 0. The average Bonchev–Trinajstić information content (AvgIpc) is 2.97. The third kappa shape index (κ3) is 3.21. The number of hydrogen-bond donors (Lipinski definition) is 2. The van der Waals surface area contributed by atoms with E-state index in [1.54, 1.807) is 7.11 Å². The van der Waals surface area contributed by atoms with Gasteiger partial charge in [-0.15, -0.1) is 0 Å². The van der Waals surface area contributed by atoms with Gasteiger partial charge in [-0.25, -0.2) is 0 Å². The van der Waals surface area contributed by atoms with E-state index in [2.05, 4.69) is 53.0 Å². The quantitative estimate of drug-likeness (QED) is 0.688. The second-order valence-corrected chi connectivity index (χ2v) is 11.0. The van der Waals surface area contributed by atoms with Gasteiger partial charge in [-0.2, -0.15) is 0 Å². The molecule has 1 heterocycles. The van der Waals surface area contributed by atoms with Crippen molar-refractivity contribution in [1.82, 2.24) is 4.57 Å². The summed E-state index contributed by atoms with van der Waals surface area (Å²) in [5.41, 5.74) is 3.83. The van der Waals surface area contributed by atoms with Gasteiger partial charge in [0.25, 0.3) is 0 Å². The molecule has 0 radical (unpaired) electrons. The molecule has 2 aromatic rings. The van der Waals surface area contributed by atoms with Gasteiger partial charge in [0.05, 0.1) is 25.2 Å². The fraction of sp³-hybridized carbons (Fsp3) is 0.680. The van der Waals surface area contributed by atoms with Gasteiger partial charge in [0, 0.05) is 23.5 Å². The largest absolute Gasteiger partial charge is 0.494 e. The van der Waals surface area contributed by atoms with Crippen molar-refractivity contribution in [3.8, 4) is 11.5 Å². The highest BCUT2D eigenvalue weighted by molar-refractivity contribution is 6.63. The minimum atomic E-state index is -1.67. The number of nitrogens with zero attached hydrogens (tertiary/aromatic N) is 1. The maximum absolute atomic E-state index is 10.4. The third-order valence-corrected chi connectivity index (χ3v) is 8.81. The van der Waals surface area contributed by atoms with Crippen molar-refractivity contribution in [3.05, 3.63) is 17.3 Å². The molecule has 3 rings (SSSR count). The van der Waals surface area contributed by atoms with Crippen LogP contribution in [0.4, 0.5) is 0 Å². The zero-order valence-corrected chi connectivity index (χ0v) is 21.0. The van der Waals surface area contributed by atoms with Crippen molar-refractivity contribution in [2.24, 2.45) is 17.9 Å². The van der Waals surface area contributed by atoms with E-state index in [0.717, 1.165) is 17.3 Å². The number of aromatic nitrogens is 1. The van der Waals surface area contributed by atoms with Gasteiger partial charge in [-0.3, -0.25) is 0 Å². The molecule has 1 aliphatic carbocycles. The highest BCUT2D eigenvalue weighted by atomic mass is 16.5. The first-order chi connectivity index (χ1) is 14.3. The zero-order chi connectivity index (χ0) is 23.5. The Hall–Kier alpha value is -1.66. The minimum Gasteiger partial charge on any atom is -0.493 e. The van der Waals surface area contributed by atoms with Gasteiger partial charge >= 0.3 is 7.12 Å². The number of benzene rings is 1. The minimum absolute atomic E-state index is 0.0291. The van der Waals surface area contributed by atoms with Crippen LogP contribution >= 0.6 is 0 Å². The summed E-state index contributed by atoms with van der Waals surface area (Å²) < 4.78 is 13.4. The van der Waals surface area contributed by atoms with E-state index in [-0.39, 0.29) is 22.2 Å². The second-order valence-electron chi connectivity index (χ2n) is 11.0. The fourth-order valence-corrected chi connectivity index (χ4v) is 6.18. The van der Waals surface area contributed by atoms with Crippen LogP contribution in [0, 0.1) is 10.8 Å². The van der Waals surface area contributed by atoms with Gasteiger partial charge in [-0.05, 0) is 41.2 Å². The molecular weight excluding hydrogens is 389 g/mol. The van der Waals surface area contributed by atoms with E-state index in [1.165, 1.54) is 31.2 Å². The molecule has 0 aliphatic heterocycles. The SMILES string of the molecule is COc1cc2c(C3(C)CCCC(C)(C)C3(C)C)c(C(C)C)n(C)c2c(B(O)O)c1OC. The van der Waals surface area contributed by atoms with Crippen LogP contribution in [-0.4, -0.2) is 36.0 Å². The Kier molecular flexibility index (Phi) is 5.99. The van der Waals surface area contributed by atoms with Crippen LogP contribution < -0.4 is 14.9 Å². The van der Waals surface area contributed by atoms with Crippen molar-refractivity contribution >= 4 is 23.5 Å². The van der Waals surface area contributed by atoms with Crippen molar-refractivity contribution in [3.63, 3.8) is 0 Å². The lowest BCUT2D eigenvalue weighted by Crippen LogP contribution is -2.52. The Morgan fingerprint density at radius 1 is 1.03 bits per heavy atom. The maximum atomic E-state index is 10.4. The van der Waals surface area contributed by atoms with Crippen molar-refractivity contribution in [2.75, 3.05) is 14.2 Å². The Morgan fingerprint density at radius 3 is 2.13 bits per heavy atom. The summed E-state index contributed by atoms with van der Waals surface area (Å²) in [7, 11) is 3.50. The standard InChI is InChI=1S/C25H40BNO4/c1-15(2)20-18(25(7)13-11-12-23(3,4)24(25,5)6)16-14-17(30-9)22(31-10)19(26(28)29)21(16)27(20)8/h14-15,28-29H,11-13H2,1-10H3. The molecule has 1 saturated carbocycles. The molecule has 1 unspecified atom stereocenters.